The predicted octanol–water partition coefficient (Wildman–Crippen LogP) is 2.77. The molecule has 8 nitrogen and oxygen atoms in total. The first-order valence-electron chi connectivity index (χ1n) is 8.47. The maximum atomic E-state index is 12.3. The number of carbonyl (C=O) groups excluding carboxylic acids is 3. The van der Waals surface area contributed by atoms with Crippen molar-refractivity contribution in [2.24, 2.45) is 0 Å². The van der Waals surface area contributed by atoms with Crippen LogP contribution in [0.15, 0.2) is 29.4 Å². The number of thioether (sulfide) groups is 1. The highest BCUT2D eigenvalue weighted by Crippen LogP contribution is 2.34. The number of ether oxygens (including phenoxy) is 2. The molecule has 1 N–H and O–H groups in total. The van der Waals surface area contributed by atoms with E-state index in [1.165, 1.54) is 6.20 Å². The van der Waals surface area contributed by atoms with Gasteiger partial charge in [0.2, 0.25) is 5.91 Å². The van der Waals surface area contributed by atoms with Crippen LogP contribution >= 0.6 is 23.1 Å². The lowest BCUT2D eigenvalue weighted by atomic mass is 10.1. The summed E-state index contributed by atoms with van der Waals surface area (Å²) in [7, 11) is 0. The third kappa shape index (κ3) is 5.23. The molecule has 28 heavy (non-hydrogen) atoms. The van der Waals surface area contributed by atoms with Crippen LogP contribution in [0.5, 0.6) is 0 Å². The third-order valence-electron chi connectivity index (χ3n) is 3.48. The molecule has 1 amide bonds. The number of aromatic nitrogens is 1. The van der Waals surface area contributed by atoms with E-state index in [1.54, 1.807) is 39.0 Å². The van der Waals surface area contributed by atoms with Crippen molar-refractivity contribution in [3.8, 4) is 0 Å². The number of nitrogens with zero attached hydrogens (tertiary/aromatic N) is 1. The Morgan fingerprint density at radius 1 is 1.18 bits per heavy atom. The van der Waals surface area contributed by atoms with Gasteiger partial charge in [-0.1, -0.05) is 0 Å². The SMILES string of the molecule is CCOC(=O)c1sc(NC(=O)CSc2cccc[n+]2[O-])c(C(=O)OCC)c1C. The van der Waals surface area contributed by atoms with Crippen molar-refractivity contribution in [2.45, 2.75) is 25.8 Å². The molecule has 0 saturated heterocycles. The molecule has 2 aromatic rings. The summed E-state index contributed by atoms with van der Waals surface area (Å²) < 4.78 is 10.7. The van der Waals surface area contributed by atoms with E-state index in [0.717, 1.165) is 23.1 Å². The molecule has 0 saturated carbocycles. The Morgan fingerprint density at radius 2 is 1.86 bits per heavy atom. The number of hydrogen-bond acceptors (Lipinski definition) is 8. The van der Waals surface area contributed by atoms with Crippen LogP contribution in [-0.4, -0.2) is 36.8 Å². The lowest BCUT2D eigenvalue weighted by Crippen LogP contribution is -2.28. The fourth-order valence-corrected chi connectivity index (χ4v) is 4.09. The van der Waals surface area contributed by atoms with E-state index in [0.29, 0.717) is 15.3 Å². The summed E-state index contributed by atoms with van der Waals surface area (Å²) in [5, 5.41) is 14.9. The van der Waals surface area contributed by atoms with Crippen molar-refractivity contribution < 1.29 is 28.6 Å². The largest absolute Gasteiger partial charge is 0.618 e. The zero-order valence-electron chi connectivity index (χ0n) is 15.6. The monoisotopic (exact) mass is 424 g/mol. The highest BCUT2D eigenvalue weighted by molar-refractivity contribution is 7.99. The van der Waals surface area contributed by atoms with Crippen LogP contribution < -0.4 is 10.0 Å². The molecule has 0 aliphatic heterocycles. The fourth-order valence-electron chi connectivity index (χ4n) is 2.27. The van der Waals surface area contributed by atoms with Crippen LogP contribution in [-0.2, 0) is 14.3 Å². The Labute approximate surface area is 170 Å². The maximum Gasteiger partial charge on any atom is 0.348 e. The van der Waals surface area contributed by atoms with E-state index in [1.807, 2.05) is 0 Å². The molecule has 2 rings (SSSR count). The minimum Gasteiger partial charge on any atom is -0.618 e. The summed E-state index contributed by atoms with van der Waals surface area (Å²) in [5.41, 5.74) is 0.525. The van der Waals surface area contributed by atoms with E-state index in [-0.39, 0.29) is 34.4 Å². The Kier molecular flexibility index (Phi) is 7.82. The van der Waals surface area contributed by atoms with Gasteiger partial charge in [-0.3, -0.25) is 4.79 Å². The molecule has 0 radical (unpaired) electrons. The van der Waals surface area contributed by atoms with Gasteiger partial charge in [0.15, 0.2) is 6.20 Å². The van der Waals surface area contributed by atoms with Crippen molar-refractivity contribution in [1.82, 2.24) is 0 Å². The van der Waals surface area contributed by atoms with E-state index in [2.05, 4.69) is 5.32 Å². The molecule has 2 aromatic heterocycles. The average Bonchev–Trinajstić information content (AvgIpc) is 2.97. The Hall–Kier alpha value is -2.59. The van der Waals surface area contributed by atoms with Crippen LogP contribution in [0.2, 0.25) is 0 Å². The summed E-state index contributed by atoms with van der Waals surface area (Å²) >= 11 is 2.02. The molecular formula is C18H20N2O6S2. The van der Waals surface area contributed by atoms with Gasteiger partial charge in [-0.2, -0.15) is 4.73 Å². The second-order valence-corrected chi connectivity index (χ2v) is 7.42. The Bertz CT molecular complexity index is 881. The quantitative estimate of drug-likeness (QED) is 0.300. The van der Waals surface area contributed by atoms with Crippen molar-refractivity contribution in [1.29, 1.82) is 0 Å². The van der Waals surface area contributed by atoms with Crippen molar-refractivity contribution >= 4 is 45.9 Å². The van der Waals surface area contributed by atoms with Crippen LogP contribution in [0.4, 0.5) is 5.00 Å². The van der Waals surface area contributed by atoms with E-state index in [9.17, 15) is 19.6 Å². The van der Waals surface area contributed by atoms with Gasteiger partial charge in [0, 0.05) is 12.1 Å². The molecule has 0 bridgehead atoms. The van der Waals surface area contributed by atoms with E-state index < -0.39 is 17.8 Å². The topological polar surface area (TPSA) is 109 Å². The summed E-state index contributed by atoms with van der Waals surface area (Å²) in [4.78, 5) is 37.0. The molecule has 0 unspecified atom stereocenters. The molecule has 0 atom stereocenters. The highest BCUT2D eigenvalue weighted by Gasteiger charge is 2.27. The van der Waals surface area contributed by atoms with Gasteiger partial charge in [0.1, 0.15) is 9.88 Å². The van der Waals surface area contributed by atoms with Crippen molar-refractivity contribution in [3.05, 3.63) is 45.6 Å². The summed E-state index contributed by atoms with van der Waals surface area (Å²) in [6.07, 6.45) is 1.34. The Morgan fingerprint density at radius 3 is 2.50 bits per heavy atom. The Balaban J connectivity index is 2.21. The van der Waals surface area contributed by atoms with Gasteiger partial charge in [-0.25, -0.2) is 9.59 Å². The molecular weight excluding hydrogens is 404 g/mol. The summed E-state index contributed by atoms with van der Waals surface area (Å²) in [6, 6.07) is 4.89. The second kappa shape index (κ2) is 10.1. The van der Waals surface area contributed by atoms with Gasteiger partial charge in [-0.05, 0) is 44.2 Å². The first kappa shape index (κ1) is 21.7. The van der Waals surface area contributed by atoms with Crippen LogP contribution in [0.3, 0.4) is 0 Å². The first-order chi connectivity index (χ1) is 13.4. The highest BCUT2D eigenvalue weighted by atomic mass is 32.2. The zero-order valence-corrected chi connectivity index (χ0v) is 17.3. The number of rotatable bonds is 8. The predicted molar refractivity (Wildman–Crippen MR) is 106 cm³/mol. The molecule has 0 spiro atoms. The lowest BCUT2D eigenvalue weighted by molar-refractivity contribution is -0.645. The van der Waals surface area contributed by atoms with Gasteiger partial charge in [-0.15, -0.1) is 11.3 Å². The lowest BCUT2D eigenvalue weighted by Gasteiger charge is -2.07. The normalized spacial score (nSPS) is 10.4. The fraction of sp³-hybridized carbons (Fsp3) is 0.333. The smallest absolute Gasteiger partial charge is 0.348 e. The zero-order chi connectivity index (χ0) is 20.7. The molecule has 0 aliphatic carbocycles. The minimum absolute atomic E-state index is 0.0415. The molecule has 10 heteroatoms. The standard InChI is InChI=1S/C18H20N2O6S2/c1-4-25-17(22)14-11(3)15(18(23)26-5-2)28-16(14)19-12(21)10-27-13-8-6-7-9-20(13)24/h6-9H,4-5,10H2,1-3H3,(H,19,21). The second-order valence-electron chi connectivity index (χ2n) is 5.40. The molecule has 0 aliphatic rings. The molecule has 150 valence electrons. The van der Waals surface area contributed by atoms with Gasteiger partial charge in [0.05, 0.1) is 24.5 Å². The van der Waals surface area contributed by atoms with Crippen molar-refractivity contribution in [2.75, 3.05) is 24.3 Å². The van der Waals surface area contributed by atoms with Crippen LogP contribution in [0.25, 0.3) is 0 Å². The number of thiophene rings is 1. The van der Waals surface area contributed by atoms with Crippen molar-refractivity contribution in [3.63, 3.8) is 0 Å². The molecule has 0 aromatic carbocycles. The third-order valence-corrected chi connectivity index (χ3v) is 5.69. The first-order valence-corrected chi connectivity index (χ1v) is 10.3. The van der Waals surface area contributed by atoms with E-state index in [4.69, 9.17) is 9.47 Å². The molecule has 0 fully saturated rings. The number of amides is 1. The maximum absolute atomic E-state index is 12.3. The van der Waals surface area contributed by atoms with E-state index >= 15 is 0 Å². The van der Waals surface area contributed by atoms with Gasteiger partial charge < -0.3 is 20.0 Å². The number of carbonyl (C=O) groups is 3. The number of hydrogen-bond donors (Lipinski definition) is 1. The average molecular weight is 425 g/mol. The van der Waals surface area contributed by atoms with Gasteiger partial charge >= 0.3 is 11.9 Å². The van der Waals surface area contributed by atoms with Gasteiger partial charge in [0.25, 0.3) is 5.03 Å². The number of anilines is 1. The van der Waals surface area contributed by atoms with Crippen LogP contribution in [0.1, 0.15) is 39.4 Å². The number of pyridine rings is 1. The van der Waals surface area contributed by atoms with Crippen LogP contribution in [0, 0.1) is 12.1 Å². The number of esters is 2. The minimum atomic E-state index is -0.629. The summed E-state index contributed by atoms with van der Waals surface area (Å²) in [6.45, 7) is 5.29. The molecule has 2 heterocycles. The number of nitrogens with one attached hydrogen (secondary N) is 1. The summed E-state index contributed by atoms with van der Waals surface area (Å²) in [5.74, 6) is -1.66.